The van der Waals surface area contributed by atoms with Crippen LogP contribution in [-0.4, -0.2) is 19.1 Å². The van der Waals surface area contributed by atoms with E-state index in [1.165, 1.54) is 7.11 Å². The third-order valence-corrected chi connectivity index (χ3v) is 4.34. The molecule has 6 nitrogen and oxygen atoms in total. The Balaban J connectivity index is 2.03. The fourth-order valence-electron chi connectivity index (χ4n) is 2.63. The van der Waals surface area contributed by atoms with E-state index in [-0.39, 0.29) is 5.57 Å². The average Bonchev–Trinajstić information content (AvgIpc) is 3.05. The first kappa shape index (κ1) is 17.4. The van der Waals surface area contributed by atoms with E-state index in [1.807, 2.05) is 0 Å². The highest BCUT2D eigenvalue weighted by molar-refractivity contribution is 6.35. The number of rotatable bonds is 3. The number of nitrogens with one attached hydrogen (secondary N) is 2. The molecule has 0 saturated heterocycles. The normalized spacial score (nSPS) is 17.1. The number of halogens is 2. The summed E-state index contributed by atoms with van der Waals surface area (Å²) in [4.78, 5) is 23.9. The van der Waals surface area contributed by atoms with Crippen LogP contribution in [0.4, 0.5) is 4.79 Å². The molecule has 1 atom stereocenters. The molecule has 0 saturated carbocycles. The zero-order valence-electron chi connectivity index (χ0n) is 13.4. The van der Waals surface area contributed by atoms with E-state index in [0.29, 0.717) is 32.8 Å². The minimum absolute atomic E-state index is 0.264. The molecule has 0 radical (unpaired) electrons. The molecule has 1 aromatic carbocycles. The van der Waals surface area contributed by atoms with Crippen LogP contribution in [-0.2, 0) is 9.53 Å². The standard InChI is InChI=1S/C17H14Cl2N2O4/c1-8-14(16(22)24-2)15(21-17(23)20-8)13-6-5-12(25-13)10-7-9(18)3-4-11(10)19/h3-7,15H,1-2H3,(H2,20,21,23)/t15-/m1/s1. The zero-order chi connectivity index (χ0) is 18.1. The molecule has 130 valence electrons. The summed E-state index contributed by atoms with van der Waals surface area (Å²) >= 11 is 12.2. The quantitative estimate of drug-likeness (QED) is 0.786. The van der Waals surface area contributed by atoms with Crippen LogP contribution in [0.1, 0.15) is 18.7 Å². The summed E-state index contributed by atoms with van der Waals surface area (Å²) in [6, 6.07) is 7.17. The number of furan rings is 1. The Hall–Kier alpha value is -2.44. The van der Waals surface area contributed by atoms with Gasteiger partial charge in [0, 0.05) is 16.3 Å². The summed E-state index contributed by atoms with van der Waals surface area (Å²) in [5.74, 6) is 0.284. The van der Waals surface area contributed by atoms with Gasteiger partial charge in [0.25, 0.3) is 0 Å². The van der Waals surface area contributed by atoms with Gasteiger partial charge in [-0.3, -0.25) is 0 Å². The molecule has 0 aliphatic carbocycles. The smallest absolute Gasteiger partial charge is 0.338 e. The molecular weight excluding hydrogens is 367 g/mol. The third kappa shape index (κ3) is 3.36. The van der Waals surface area contributed by atoms with Crippen molar-refractivity contribution >= 4 is 35.2 Å². The number of hydrogen-bond donors (Lipinski definition) is 2. The van der Waals surface area contributed by atoms with Gasteiger partial charge >= 0.3 is 12.0 Å². The maximum Gasteiger partial charge on any atom is 0.338 e. The number of carbonyl (C=O) groups is 2. The third-order valence-electron chi connectivity index (χ3n) is 3.78. The van der Waals surface area contributed by atoms with Crippen molar-refractivity contribution in [3.05, 3.63) is 57.4 Å². The lowest BCUT2D eigenvalue weighted by molar-refractivity contribution is -0.136. The van der Waals surface area contributed by atoms with Crippen LogP contribution in [0.5, 0.6) is 0 Å². The second-order valence-corrected chi connectivity index (χ2v) is 6.23. The van der Waals surface area contributed by atoms with E-state index in [1.54, 1.807) is 37.3 Å². The Kier molecular flexibility index (Phi) is 4.74. The first-order valence-corrected chi connectivity index (χ1v) is 8.08. The minimum Gasteiger partial charge on any atom is -0.466 e. The number of carbonyl (C=O) groups excluding carboxylic acids is 2. The molecule has 2 aromatic rings. The first-order chi connectivity index (χ1) is 11.9. The minimum atomic E-state index is -0.770. The molecule has 0 unspecified atom stereocenters. The van der Waals surface area contributed by atoms with Crippen molar-refractivity contribution in [1.82, 2.24) is 10.6 Å². The second-order valence-electron chi connectivity index (χ2n) is 5.39. The summed E-state index contributed by atoms with van der Waals surface area (Å²) in [7, 11) is 1.27. The van der Waals surface area contributed by atoms with Crippen LogP contribution in [0.25, 0.3) is 11.3 Å². The lowest BCUT2D eigenvalue weighted by Crippen LogP contribution is -2.45. The van der Waals surface area contributed by atoms with Crippen LogP contribution < -0.4 is 10.6 Å². The number of allylic oxidation sites excluding steroid dienone is 1. The average molecular weight is 381 g/mol. The van der Waals surface area contributed by atoms with Gasteiger partial charge in [-0.1, -0.05) is 23.2 Å². The number of hydrogen-bond acceptors (Lipinski definition) is 4. The van der Waals surface area contributed by atoms with Gasteiger partial charge in [0.1, 0.15) is 17.6 Å². The number of urea groups is 1. The van der Waals surface area contributed by atoms with Crippen molar-refractivity contribution in [2.24, 2.45) is 0 Å². The molecule has 3 rings (SSSR count). The Morgan fingerprint density at radius 3 is 2.72 bits per heavy atom. The molecule has 1 aliphatic heterocycles. The number of ether oxygens (including phenoxy) is 1. The number of esters is 1. The molecule has 2 heterocycles. The van der Waals surface area contributed by atoms with Gasteiger partial charge in [-0.05, 0) is 37.3 Å². The lowest BCUT2D eigenvalue weighted by Gasteiger charge is -2.26. The fraction of sp³-hybridized carbons (Fsp3) is 0.176. The summed E-state index contributed by atoms with van der Waals surface area (Å²) < 4.78 is 10.6. The van der Waals surface area contributed by atoms with Gasteiger partial charge in [0.05, 0.1) is 17.7 Å². The monoisotopic (exact) mass is 380 g/mol. The van der Waals surface area contributed by atoms with Crippen molar-refractivity contribution in [2.75, 3.05) is 7.11 Å². The zero-order valence-corrected chi connectivity index (χ0v) is 14.9. The topological polar surface area (TPSA) is 80.6 Å². The highest BCUT2D eigenvalue weighted by Crippen LogP contribution is 2.35. The van der Waals surface area contributed by atoms with Crippen LogP contribution in [0.15, 0.2) is 46.0 Å². The fourth-order valence-corrected chi connectivity index (χ4v) is 3.01. The summed E-state index contributed by atoms with van der Waals surface area (Å²) in [6.45, 7) is 1.62. The van der Waals surface area contributed by atoms with Crippen molar-refractivity contribution in [2.45, 2.75) is 13.0 Å². The molecule has 0 bridgehead atoms. The van der Waals surface area contributed by atoms with E-state index in [0.717, 1.165) is 0 Å². The highest BCUT2D eigenvalue weighted by atomic mass is 35.5. The predicted octanol–water partition coefficient (Wildman–Crippen LogP) is 4.05. The van der Waals surface area contributed by atoms with E-state index in [2.05, 4.69) is 10.6 Å². The molecule has 1 aliphatic rings. The molecule has 25 heavy (non-hydrogen) atoms. The Labute approximate surface area is 153 Å². The lowest BCUT2D eigenvalue weighted by atomic mass is 10.0. The maximum absolute atomic E-state index is 12.1. The number of amides is 2. The van der Waals surface area contributed by atoms with Crippen LogP contribution in [0, 0.1) is 0 Å². The molecule has 0 spiro atoms. The van der Waals surface area contributed by atoms with Crippen molar-refractivity contribution in [3.8, 4) is 11.3 Å². The van der Waals surface area contributed by atoms with Crippen molar-refractivity contribution in [1.29, 1.82) is 0 Å². The first-order valence-electron chi connectivity index (χ1n) is 7.32. The molecule has 2 N–H and O–H groups in total. The van der Waals surface area contributed by atoms with E-state index < -0.39 is 18.0 Å². The van der Waals surface area contributed by atoms with Gasteiger partial charge in [-0.25, -0.2) is 9.59 Å². The number of benzene rings is 1. The Morgan fingerprint density at radius 2 is 2.00 bits per heavy atom. The van der Waals surface area contributed by atoms with Gasteiger partial charge in [0.15, 0.2) is 0 Å². The predicted molar refractivity (Wildman–Crippen MR) is 93.3 cm³/mol. The SMILES string of the molecule is COC(=O)C1=C(C)NC(=O)N[C@@H]1c1ccc(-c2cc(Cl)ccc2Cl)o1. The largest absolute Gasteiger partial charge is 0.466 e. The van der Waals surface area contributed by atoms with Gasteiger partial charge in [0.2, 0.25) is 0 Å². The van der Waals surface area contributed by atoms with E-state index in [4.69, 9.17) is 32.4 Å². The van der Waals surface area contributed by atoms with Crippen LogP contribution in [0.3, 0.4) is 0 Å². The highest BCUT2D eigenvalue weighted by Gasteiger charge is 2.34. The molecule has 8 heteroatoms. The molecular formula is C17H14Cl2N2O4. The Bertz CT molecular complexity index is 889. The summed E-state index contributed by atoms with van der Waals surface area (Å²) in [5.41, 5.74) is 1.28. The molecule has 1 aromatic heterocycles. The van der Waals surface area contributed by atoms with Crippen LogP contribution in [0.2, 0.25) is 10.0 Å². The van der Waals surface area contributed by atoms with E-state index >= 15 is 0 Å². The van der Waals surface area contributed by atoms with Crippen molar-refractivity contribution in [3.63, 3.8) is 0 Å². The maximum atomic E-state index is 12.1. The summed E-state index contributed by atoms with van der Waals surface area (Å²) in [6.07, 6.45) is 0. The molecule has 0 fully saturated rings. The second kappa shape index (κ2) is 6.82. The van der Waals surface area contributed by atoms with Gasteiger partial charge in [-0.2, -0.15) is 0 Å². The van der Waals surface area contributed by atoms with Crippen molar-refractivity contribution < 1.29 is 18.7 Å². The van der Waals surface area contributed by atoms with Gasteiger partial charge in [-0.15, -0.1) is 0 Å². The van der Waals surface area contributed by atoms with Gasteiger partial charge < -0.3 is 19.8 Å². The Morgan fingerprint density at radius 1 is 1.24 bits per heavy atom. The molecule has 2 amide bonds. The number of methoxy groups -OCH3 is 1. The van der Waals surface area contributed by atoms with Crippen LogP contribution >= 0.6 is 23.2 Å². The summed E-state index contributed by atoms with van der Waals surface area (Å²) in [5, 5.41) is 6.19. The van der Waals surface area contributed by atoms with E-state index in [9.17, 15) is 9.59 Å².